The van der Waals surface area contributed by atoms with Gasteiger partial charge in [-0.25, -0.2) is 0 Å². The molecule has 0 aliphatic carbocycles. The average Bonchev–Trinajstić information content (AvgIpc) is 3.10. The summed E-state index contributed by atoms with van der Waals surface area (Å²) in [6.07, 6.45) is 0. The average molecular weight is 386 g/mol. The molecule has 2 aromatic carbocycles. The number of nitrogens with zero attached hydrogens (tertiary/aromatic N) is 3. The molecular formula is C20H20ClN3O3. The van der Waals surface area contributed by atoms with Gasteiger partial charge in [-0.3, -0.25) is 4.79 Å². The Balaban J connectivity index is 1.60. The lowest BCUT2D eigenvalue weighted by Crippen LogP contribution is -2.31. The molecule has 0 saturated carbocycles. The molecule has 0 aliphatic heterocycles. The lowest BCUT2D eigenvalue weighted by atomic mass is 10.1. The molecule has 0 spiro atoms. The Morgan fingerprint density at radius 3 is 2.78 bits per heavy atom. The van der Waals surface area contributed by atoms with Gasteiger partial charge in [0.1, 0.15) is 5.75 Å². The Hall–Kier alpha value is -2.86. The highest BCUT2D eigenvalue weighted by Gasteiger charge is 2.16. The predicted octanol–water partition coefficient (Wildman–Crippen LogP) is 4.04. The third-order valence-corrected chi connectivity index (χ3v) is 4.41. The Bertz CT molecular complexity index is 955. The molecule has 1 aromatic heterocycles. The van der Waals surface area contributed by atoms with Crippen LogP contribution >= 0.6 is 11.6 Å². The fourth-order valence-corrected chi connectivity index (χ4v) is 2.69. The number of ether oxygens (including phenoxy) is 1. The summed E-state index contributed by atoms with van der Waals surface area (Å²) in [5.74, 6) is 1.24. The predicted molar refractivity (Wildman–Crippen MR) is 103 cm³/mol. The second-order valence-electron chi connectivity index (χ2n) is 6.30. The van der Waals surface area contributed by atoms with Crippen molar-refractivity contribution in [3.05, 3.63) is 64.5 Å². The lowest BCUT2D eigenvalue weighted by molar-refractivity contribution is -0.132. The summed E-state index contributed by atoms with van der Waals surface area (Å²) in [7, 11) is 1.66. The molecule has 0 atom stereocenters. The molecular weight excluding hydrogens is 366 g/mol. The van der Waals surface area contributed by atoms with Gasteiger partial charge < -0.3 is 14.2 Å². The summed E-state index contributed by atoms with van der Waals surface area (Å²) in [6, 6.07) is 13.1. The van der Waals surface area contributed by atoms with Crippen molar-refractivity contribution >= 4 is 17.5 Å². The fourth-order valence-electron chi connectivity index (χ4n) is 2.47. The number of hydrogen-bond donors (Lipinski definition) is 0. The van der Waals surface area contributed by atoms with E-state index in [-0.39, 0.29) is 19.1 Å². The fraction of sp³-hybridized carbons (Fsp3) is 0.250. The van der Waals surface area contributed by atoms with E-state index in [9.17, 15) is 4.79 Å². The monoisotopic (exact) mass is 385 g/mol. The maximum atomic E-state index is 12.3. The van der Waals surface area contributed by atoms with Crippen molar-refractivity contribution < 1.29 is 14.1 Å². The maximum absolute atomic E-state index is 12.3. The van der Waals surface area contributed by atoms with Crippen LogP contribution < -0.4 is 4.74 Å². The number of carbonyl (C=O) groups is 1. The van der Waals surface area contributed by atoms with Crippen LogP contribution in [-0.4, -0.2) is 34.6 Å². The number of benzene rings is 2. The summed E-state index contributed by atoms with van der Waals surface area (Å²) in [6.45, 7) is 4.04. The minimum Gasteiger partial charge on any atom is -0.483 e. The van der Waals surface area contributed by atoms with E-state index < -0.39 is 0 Å². The quantitative estimate of drug-likeness (QED) is 0.640. The zero-order chi connectivity index (χ0) is 19.4. The summed E-state index contributed by atoms with van der Waals surface area (Å²) in [5, 5.41) is 4.47. The molecule has 0 radical (unpaired) electrons. The Kier molecular flexibility index (Phi) is 5.76. The number of halogens is 1. The first-order valence-electron chi connectivity index (χ1n) is 8.45. The van der Waals surface area contributed by atoms with Gasteiger partial charge in [-0.05, 0) is 43.2 Å². The molecule has 1 heterocycles. The molecule has 140 valence electrons. The highest BCUT2D eigenvalue weighted by molar-refractivity contribution is 6.33. The third-order valence-electron chi connectivity index (χ3n) is 4.08. The molecule has 0 bridgehead atoms. The number of carbonyl (C=O) groups excluding carboxylic acids is 1. The van der Waals surface area contributed by atoms with Crippen molar-refractivity contribution in [3.8, 4) is 17.1 Å². The second kappa shape index (κ2) is 8.22. The molecule has 1 amide bonds. The highest BCUT2D eigenvalue weighted by Crippen LogP contribution is 2.25. The van der Waals surface area contributed by atoms with Gasteiger partial charge in [-0.15, -0.1) is 0 Å². The number of likely N-dealkylation sites (N-methyl/N-ethyl adjacent to an activating group) is 1. The van der Waals surface area contributed by atoms with Crippen molar-refractivity contribution in [1.29, 1.82) is 0 Å². The molecule has 0 aliphatic rings. The first-order chi connectivity index (χ1) is 12.9. The zero-order valence-corrected chi connectivity index (χ0v) is 16.2. The molecule has 0 unspecified atom stereocenters. The highest BCUT2D eigenvalue weighted by atomic mass is 35.5. The standard InChI is InChI=1S/C20H20ClN3O3/c1-13-8-9-14(2)17(10-13)26-12-19(25)24(3)11-18-22-20(23-27-18)15-6-4-5-7-16(15)21/h4-10H,11-12H2,1-3H3. The van der Waals surface area contributed by atoms with Crippen molar-refractivity contribution in [2.45, 2.75) is 20.4 Å². The van der Waals surface area contributed by atoms with Gasteiger partial charge in [0.15, 0.2) is 6.61 Å². The van der Waals surface area contributed by atoms with Crippen LogP contribution in [0.2, 0.25) is 5.02 Å². The van der Waals surface area contributed by atoms with Gasteiger partial charge >= 0.3 is 0 Å². The van der Waals surface area contributed by atoms with Crippen molar-refractivity contribution in [3.63, 3.8) is 0 Å². The van der Waals surface area contributed by atoms with Crippen LogP contribution in [0.4, 0.5) is 0 Å². The van der Waals surface area contributed by atoms with Crippen LogP contribution in [0.15, 0.2) is 47.0 Å². The van der Waals surface area contributed by atoms with Crippen LogP contribution in [0.5, 0.6) is 5.75 Å². The molecule has 3 aromatic rings. The van der Waals surface area contributed by atoms with Crippen LogP contribution in [0.1, 0.15) is 17.0 Å². The maximum Gasteiger partial charge on any atom is 0.260 e. The van der Waals surface area contributed by atoms with Gasteiger partial charge in [0.25, 0.3) is 5.91 Å². The molecule has 6 nitrogen and oxygen atoms in total. The smallest absolute Gasteiger partial charge is 0.260 e. The van der Waals surface area contributed by atoms with Crippen molar-refractivity contribution in [2.75, 3.05) is 13.7 Å². The minimum atomic E-state index is -0.187. The summed E-state index contributed by atoms with van der Waals surface area (Å²) in [4.78, 5) is 18.1. The number of rotatable bonds is 6. The van der Waals surface area contributed by atoms with E-state index in [2.05, 4.69) is 10.1 Å². The van der Waals surface area contributed by atoms with E-state index in [1.807, 2.05) is 50.2 Å². The summed E-state index contributed by atoms with van der Waals surface area (Å²) < 4.78 is 10.9. The van der Waals surface area contributed by atoms with Crippen molar-refractivity contribution in [2.24, 2.45) is 0 Å². The number of hydrogen-bond acceptors (Lipinski definition) is 5. The number of aryl methyl sites for hydroxylation is 2. The summed E-state index contributed by atoms with van der Waals surface area (Å²) in [5.41, 5.74) is 2.74. The van der Waals surface area contributed by atoms with Crippen LogP contribution in [0, 0.1) is 13.8 Å². The second-order valence-corrected chi connectivity index (χ2v) is 6.71. The van der Waals surface area contributed by atoms with Crippen molar-refractivity contribution in [1.82, 2.24) is 15.0 Å². The van der Waals surface area contributed by atoms with E-state index in [1.54, 1.807) is 13.1 Å². The van der Waals surface area contributed by atoms with Crippen LogP contribution in [0.25, 0.3) is 11.4 Å². The Morgan fingerprint density at radius 1 is 1.22 bits per heavy atom. The molecule has 3 rings (SSSR count). The van der Waals surface area contributed by atoms with Gasteiger partial charge in [0, 0.05) is 12.6 Å². The molecule has 7 heteroatoms. The third kappa shape index (κ3) is 4.65. The van der Waals surface area contributed by atoms with Gasteiger partial charge in [-0.2, -0.15) is 4.98 Å². The van der Waals surface area contributed by atoms with E-state index in [0.717, 1.165) is 11.1 Å². The normalized spacial score (nSPS) is 10.7. The zero-order valence-electron chi connectivity index (χ0n) is 15.4. The first kappa shape index (κ1) is 18.9. The number of amides is 1. The molecule has 0 saturated heterocycles. The van der Waals surface area contributed by atoms with Crippen LogP contribution in [0.3, 0.4) is 0 Å². The van der Waals surface area contributed by atoms with E-state index >= 15 is 0 Å². The van der Waals surface area contributed by atoms with E-state index in [4.69, 9.17) is 20.9 Å². The Labute approximate surface area is 162 Å². The van der Waals surface area contributed by atoms with E-state index in [1.165, 1.54) is 4.90 Å². The SMILES string of the molecule is Cc1ccc(C)c(OCC(=O)N(C)Cc2nc(-c3ccccc3Cl)no2)c1. The van der Waals surface area contributed by atoms with Gasteiger partial charge in [-0.1, -0.05) is 41.0 Å². The molecule has 0 N–H and O–H groups in total. The number of aromatic nitrogens is 2. The topological polar surface area (TPSA) is 68.5 Å². The largest absolute Gasteiger partial charge is 0.483 e. The Morgan fingerprint density at radius 2 is 2.00 bits per heavy atom. The van der Waals surface area contributed by atoms with Crippen LogP contribution in [-0.2, 0) is 11.3 Å². The first-order valence-corrected chi connectivity index (χ1v) is 8.83. The lowest BCUT2D eigenvalue weighted by Gasteiger charge is -2.16. The molecule has 27 heavy (non-hydrogen) atoms. The van der Waals surface area contributed by atoms with Gasteiger partial charge in [0.05, 0.1) is 11.6 Å². The minimum absolute atomic E-state index is 0.0632. The van der Waals surface area contributed by atoms with Gasteiger partial charge in [0.2, 0.25) is 11.7 Å². The van der Waals surface area contributed by atoms with E-state index in [0.29, 0.717) is 28.1 Å². The molecule has 0 fully saturated rings. The summed E-state index contributed by atoms with van der Waals surface area (Å²) >= 11 is 6.14.